The molecule has 1 nitrogen and oxygen atoms in total. The van der Waals surface area contributed by atoms with Crippen LogP contribution in [0.3, 0.4) is 0 Å². The van der Waals surface area contributed by atoms with Gasteiger partial charge in [-0.1, -0.05) is 26.7 Å². The van der Waals surface area contributed by atoms with Crippen molar-refractivity contribution < 1.29 is 0 Å². The molecule has 1 unspecified atom stereocenters. The molecule has 0 aromatic rings. The Morgan fingerprint density at radius 2 is 1.39 bits per heavy atom. The third-order valence-corrected chi connectivity index (χ3v) is 6.29. The van der Waals surface area contributed by atoms with Crippen LogP contribution in [0.5, 0.6) is 0 Å². The summed E-state index contributed by atoms with van der Waals surface area (Å²) in [4.78, 5) is 0. The fourth-order valence-electron chi connectivity index (χ4n) is 3.48. The standard InChI is InChI=1S/C15H28ClNS/c1-11-3-7-13(8-4-11)15(18-16)17-14-9-5-12(2)6-10-14/h11-15,17H,3-10H2,1-2H3. The number of halogens is 1. The van der Waals surface area contributed by atoms with Crippen molar-refractivity contribution in [3.05, 3.63) is 0 Å². The van der Waals surface area contributed by atoms with Crippen LogP contribution >= 0.6 is 21.7 Å². The smallest absolute Gasteiger partial charge is 0.0716 e. The van der Waals surface area contributed by atoms with E-state index < -0.39 is 0 Å². The van der Waals surface area contributed by atoms with Crippen LogP contribution in [0.2, 0.25) is 0 Å². The van der Waals surface area contributed by atoms with Gasteiger partial charge in [0.2, 0.25) is 0 Å². The average Bonchev–Trinajstić information content (AvgIpc) is 2.39. The molecule has 0 radical (unpaired) electrons. The minimum atomic E-state index is 0.484. The summed E-state index contributed by atoms with van der Waals surface area (Å²) in [5.74, 6) is 2.65. The van der Waals surface area contributed by atoms with E-state index in [2.05, 4.69) is 19.2 Å². The second-order valence-electron chi connectivity index (χ2n) is 6.65. The van der Waals surface area contributed by atoms with Crippen LogP contribution in [0.25, 0.3) is 0 Å². The van der Waals surface area contributed by atoms with E-state index in [1.165, 1.54) is 62.3 Å². The first kappa shape index (κ1) is 15.0. The van der Waals surface area contributed by atoms with Gasteiger partial charge in [0, 0.05) is 6.04 Å². The van der Waals surface area contributed by atoms with Crippen molar-refractivity contribution in [1.29, 1.82) is 0 Å². The van der Waals surface area contributed by atoms with Gasteiger partial charge in [-0.3, -0.25) is 0 Å². The summed E-state index contributed by atoms with van der Waals surface area (Å²) in [5, 5.41) is 4.33. The molecule has 0 aromatic heterocycles. The van der Waals surface area contributed by atoms with E-state index in [1.807, 2.05) is 0 Å². The maximum absolute atomic E-state index is 6.14. The van der Waals surface area contributed by atoms with E-state index in [0.717, 1.165) is 23.8 Å². The Kier molecular flexibility index (Phi) is 6.17. The zero-order valence-corrected chi connectivity index (χ0v) is 13.4. The van der Waals surface area contributed by atoms with Gasteiger partial charge < -0.3 is 5.32 Å². The molecule has 3 heteroatoms. The normalized spacial score (nSPS) is 39.5. The first-order valence-corrected chi connectivity index (χ1v) is 9.43. The largest absolute Gasteiger partial charge is 0.301 e. The quantitative estimate of drug-likeness (QED) is 0.715. The molecule has 0 aromatic carbocycles. The average molecular weight is 290 g/mol. The minimum absolute atomic E-state index is 0.484. The van der Waals surface area contributed by atoms with Crippen LogP contribution in [0.1, 0.15) is 65.2 Å². The highest BCUT2D eigenvalue weighted by molar-refractivity contribution is 8.21. The van der Waals surface area contributed by atoms with Crippen LogP contribution in [0.4, 0.5) is 0 Å². The number of hydrogen-bond acceptors (Lipinski definition) is 2. The third-order valence-electron chi connectivity index (χ3n) is 5.00. The molecule has 0 heterocycles. The summed E-state index contributed by atoms with van der Waals surface area (Å²) in [5.41, 5.74) is 0. The Balaban J connectivity index is 1.78. The Labute approximate surface area is 121 Å². The monoisotopic (exact) mass is 289 g/mol. The van der Waals surface area contributed by atoms with Gasteiger partial charge in [0.05, 0.1) is 5.37 Å². The topological polar surface area (TPSA) is 12.0 Å². The molecule has 1 atom stereocenters. The van der Waals surface area contributed by atoms with Crippen molar-refractivity contribution >= 4 is 21.7 Å². The Morgan fingerprint density at radius 3 is 1.89 bits per heavy atom. The predicted molar refractivity (Wildman–Crippen MR) is 82.9 cm³/mol. The second kappa shape index (κ2) is 7.40. The van der Waals surface area contributed by atoms with Gasteiger partial charge in [0.15, 0.2) is 0 Å². The number of nitrogens with one attached hydrogen (secondary N) is 1. The third kappa shape index (κ3) is 4.31. The van der Waals surface area contributed by atoms with Crippen molar-refractivity contribution in [2.75, 3.05) is 0 Å². The molecule has 2 saturated carbocycles. The van der Waals surface area contributed by atoms with E-state index in [4.69, 9.17) is 10.7 Å². The highest BCUT2D eigenvalue weighted by atomic mass is 35.7. The molecule has 106 valence electrons. The van der Waals surface area contributed by atoms with E-state index in [9.17, 15) is 0 Å². The van der Waals surface area contributed by atoms with Crippen LogP contribution in [-0.4, -0.2) is 11.4 Å². The summed E-state index contributed by atoms with van der Waals surface area (Å²) in [6.45, 7) is 4.77. The van der Waals surface area contributed by atoms with Crippen molar-refractivity contribution in [2.45, 2.75) is 76.6 Å². The molecule has 0 aliphatic heterocycles. The zero-order valence-electron chi connectivity index (χ0n) is 11.8. The van der Waals surface area contributed by atoms with Crippen molar-refractivity contribution in [3.63, 3.8) is 0 Å². The molecule has 1 N–H and O–H groups in total. The first-order chi connectivity index (χ1) is 8.69. The maximum Gasteiger partial charge on any atom is 0.0716 e. The van der Waals surface area contributed by atoms with Gasteiger partial charge in [0.25, 0.3) is 0 Å². The molecule has 18 heavy (non-hydrogen) atoms. The molecule has 0 saturated heterocycles. The molecule has 2 rings (SSSR count). The van der Waals surface area contributed by atoms with Crippen molar-refractivity contribution in [1.82, 2.24) is 5.32 Å². The van der Waals surface area contributed by atoms with Gasteiger partial charge >= 0.3 is 0 Å². The van der Waals surface area contributed by atoms with Crippen LogP contribution in [0.15, 0.2) is 0 Å². The Hall–Kier alpha value is 0.600. The van der Waals surface area contributed by atoms with E-state index in [-0.39, 0.29) is 0 Å². The molecule has 2 aliphatic carbocycles. The highest BCUT2D eigenvalue weighted by Gasteiger charge is 2.29. The lowest BCUT2D eigenvalue weighted by atomic mass is 9.82. The van der Waals surface area contributed by atoms with Crippen molar-refractivity contribution in [3.8, 4) is 0 Å². The highest BCUT2D eigenvalue weighted by Crippen LogP contribution is 2.36. The second-order valence-corrected chi connectivity index (χ2v) is 7.87. The van der Waals surface area contributed by atoms with E-state index in [0.29, 0.717) is 5.37 Å². The molecular formula is C15H28ClNS. The molecular weight excluding hydrogens is 262 g/mol. The fraction of sp³-hybridized carbons (Fsp3) is 1.00. The van der Waals surface area contributed by atoms with Crippen LogP contribution in [-0.2, 0) is 0 Å². The summed E-state index contributed by atoms with van der Waals surface area (Å²) in [6, 6.07) is 0.719. The molecule has 0 spiro atoms. The van der Waals surface area contributed by atoms with E-state index >= 15 is 0 Å². The Morgan fingerprint density at radius 1 is 0.889 bits per heavy atom. The number of rotatable bonds is 4. The van der Waals surface area contributed by atoms with Crippen LogP contribution in [0, 0.1) is 17.8 Å². The van der Waals surface area contributed by atoms with Gasteiger partial charge in [0.1, 0.15) is 0 Å². The zero-order chi connectivity index (χ0) is 13.0. The molecule has 2 aliphatic rings. The lowest BCUT2D eigenvalue weighted by molar-refractivity contribution is 0.237. The lowest BCUT2D eigenvalue weighted by Crippen LogP contribution is -2.42. The summed E-state index contributed by atoms with van der Waals surface area (Å²) < 4.78 is 0. The summed E-state index contributed by atoms with van der Waals surface area (Å²) in [6.07, 6.45) is 11.0. The first-order valence-electron chi connectivity index (χ1n) is 7.72. The predicted octanol–water partition coefficient (Wildman–Crippen LogP) is 5.19. The molecule has 2 fully saturated rings. The van der Waals surface area contributed by atoms with Gasteiger partial charge in [-0.15, -0.1) is 0 Å². The van der Waals surface area contributed by atoms with E-state index in [1.54, 1.807) is 0 Å². The Bertz CT molecular complexity index is 233. The minimum Gasteiger partial charge on any atom is -0.301 e. The molecule has 0 bridgehead atoms. The van der Waals surface area contributed by atoms with Gasteiger partial charge in [-0.05, 0) is 77.9 Å². The maximum atomic E-state index is 6.14. The van der Waals surface area contributed by atoms with Gasteiger partial charge in [-0.25, -0.2) is 0 Å². The van der Waals surface area contributed by atoms with Crippen molar-refractivity contribution in [2.24, 2.45) is 17.8 Å². The summed E-state index contributed by atoms with van der Waals surface area (Å²) >= 11 is 0. The molecule has 0 amide bonds. The summed E-state index contributed by atoms with van der Waals surface area (Å²) in [7, 11) is 7.67. The fourth-order valence-corrected chi connectivity index (χ4v) is 4.73. The number of hydrogen-bond donors (Lipinski definition) is 1. The van der Waals surface area contributed by atoms with Crippen LogP contribution < -0.4 is 5.32 Å². The SMILES string of the molecule is CC1CCC(NC(SCl)C2CCC(C)CC2)CC1. The lowest BCUT2D eigenvalue weighted by Gasteiger charge is -2.36. The van der Waals surface area contributed by atoms with Gasteiger partial charge in [-0.2, -0.15) is 0 Å².